The third-order valence-electron chi connectivity index (χ3n) is 4.21. The van der Waals surface area contributed by atoms with Gasteiger partial charge in [-0.15, -0.1) is 0 Å². The van der Waals surface area contributed by atoms with Crippen LogP contribution in [0.2, 0.25) is 0 Å². The minimum atomic E-state index is -0.244. The molecule has 22 heavy (non-hydrogen) atoms. The van der Waals surface area contributed by atoms with Crippen LogP contribution >= 0.6 is 15.9 Å². The Bertz CT molecular complexity index is 550. The number of hydrogen-bond donors (Lipinski definition) is 2. The summed E-state index contributed by atoms with van der Waals surface area (Å²) in [5.41, 5.74) is 6.47. The molecule has 0 bridgehead atoms. The number of piperidine rings is 1. The summed E-state index contributed by atoms with van der Waals surface area (Å²) >= 11 is 3.50. The normalized spacial score (nSPS) is 21.4. The molecule has 0 saturated carbocycles. The number of nitrogens with zero attached hydrogens (tertiary/aromatic N) is 1. The molecule has 120 valence electrons. The zero-order chi connectivity index (χ0) is 16.1. The molecule has 2 rings (SSSR count). The van der Waals surface area contributed by atoms with Crippen molar-refractivity contribution in [3.05, 3.63) is 34.3 Å². The number of likely N-dealkylation sites (tertiary alicyclic amines) is 1. The second-order valence-electron chi connectivity index (χ2n) is 5.96. The molecular weight excluding hydrogens is 346 g/mol. The lowest BCUT2D eigenvalue weighted by Gasteiger charge is -2.29. The second-order valence-corrected chi connectivity index (χ2v) is 6.82. The van der Waals surface area contributed by atoms with Gasteiger partial charge in [-0.2, -0.15) is 0 Å². The van der Waals surface area contributed by atoms with Gasteiger partial charge in [-0.1, -0.05) is 34.1 Å². The summed E-state index contributed by atoms with van der Waals surface area (Å²) in [7, 11) is 1.82. The van der Waals surface area contributed by atoms with Crippen LogP contribution in [0.15, 0.2) is 28.7 Å². The molecule has 1 aliphatic rings. The molecule has 1 saturated heterocycles. The van der Waals surface area contributed by atoms with Crippen molar-refractivity contribution < 1.29 is 14.5 Å². The highest BCUT2D eigenvalue weighted by atomic mass is 79.9. The highest BCUT2D eigenvalue weighted by molar-refractivity contribution is 9.10. The highest BCUT2D eigenvalue weighted by Crippen LogP contribution is 2.17. The van der Waals surface area contributed by atoms with Crippen LogP contribution in [0.25, 0.3) is 0 Å². The first-order valence-electron chi connectivity index (χ1n) is 7.57. The Hall–Kier alpha value is -1.40. The van der Waals surface area contributed by atoms with Crippen LogP contribution in [-0.2, 0) is 16.1 Å². The molecule has 1 heterocycles. The number of amides is 2. The third-order valence-corrected chi connectivity index (χ3v) is 4.99. The lowest BCUT2D eigenvalue weighted by Crippen LogP contribution is -3.14. The number of rotatable bonds is 5. The fourth-order valence-corrected chi connectivity index (χ4v) is 3.28. The average molecular weight is 369 g/mol. The third kappa shape index (κ3) is 4.55. The maximum atomic E-state index is 12.4. The Morgan fingerprint density at radius 3 is 2.82 bits per heavy atom. The second kappa shape index (κ2) is 7.74. The van der Waals surface area contributed by atoms with Crippen molar-refractivity contribution in [2.24, 2.45) is 11.7 Å². The van der Waals surface area contributed by atoms with E-state index >= 15 is 0 Å². The Kier molecular flexibility index (Phi) is 5.97. The highest BCUT2D eigenvalue weighted by Gasteiger charge is 2.29. The predicted molar refractivity (Wildman–Crippen MR) is 88.1 cm³/mol. The molecular formula is C16H23BrN3O2+. The van der Waals surface area contributed by atoms with E-state index in [2.05, 4.69) is 15.9 Å². The molecule has 0 aliphatic carbocycles. The number of benzene rings is 1. The Labute approximate surface area is 139 Å². The first-order valence-corrected chi connectivity index (χ1v) is 8.37. The van der Waals surface area contributed by atoms with Crippen LogP contribution in [-0.4, -0.2) is 43.4 Å². The smallest absolute Gasteiger partial charge is 0.277 e. The van der Waals surface area contributed by atoms with E-state index in [-0.39, 0.29) is 17.7 Å². The van der Waals surface area contributed by atoms with Gasteiger partial charge >= 0.3 is 0 Å². The molecule has 0 radical (unpaired) electrons. The molecule has 0 spiro atoms. The summed E-state index contributed by atoms with van der Waals surface area (Å²) in [6.45, 7) is 2.60. The summed E-state index contributed by atoms with van der Waals surface area (Å²) < 4.78 is 1.01. The van der Waals surface area contributed by atoms with Crippen LogP contribution < -0.4 is 10.6 Å². The van der Waals surface area contributed by atoms with Crippen molar-refractivity contribution in [2.75, 3.05) is 26.7 Å². The van der Waals surface area contributed by atoms with Crippen LogP contribution in [0.3, 0.4) is 0 Å². The van der Waals surface area contributed by atoms with Crippen molar-refractivity contribution >= 4 is 27.7 Å². The van der Waals surface area contributed by atoms with E-state index in [4.69, 9.17) is 5.73 Å². The lowest BCUT2D eigenvalue weighted by molar-refractivity contribution is -0.899. The van der Waals surface area contributed by atoms with Gasteiger partial charge in [-0.25, -0.2) is 0 Å². The van der Waals surface area contributed by atoms with E-state index in [1.54, 1.807) is 4.90 Å². The van der Waals surface area contributed by atoms with Crippen LogP contribution in [0, 0.1) is 5.92 Å². The Morgan fingerprint density at radius 2 is 2.14 bits per heavy atom. The minimum absolute atomic E-state index is 0.0925. The number of nitrogens with two attached hydrogens (primary N) is 1. The number of quaternary nitrogens is 1. The van der Waals surface area contributed by atoms with E-state index in [0.29, 0.717) is 19.6 Å². The molecule has 6 heteroatoms. The number of nitrogens with one attached hydrogen (secondary N) is 1. The summed E-state index contributed by atoms with van der Waals surface area (Å²) in [4.78, 5) is 26.6. The summed E-state index contributed by atoms with van der Waals surface area (Å²) in [5, 5.41) is 0. The van der Waals surface area contributed by atoms with Crippen molar-refractivity contribution in [1.29, 1.82) is 0 Å². The number of carbonyl (C=O) groups excluding carboxylic acids is 2. The maximum absolute atomic E-state index is 12.4. The molecule has 0 aromatic heterocycles. The van der Waals surface area contributed by atoms with Crippen LogP contribution in [0.5, 0.6) is 0 Å². The predicted octanol–water partition coefficient (Wildman–Crippen LogP) is 0.188. The molecule has 1 fully saturated rings. The largest absolute Gasteiger partial charge is 0.369 e. The fourth-order valence-electron chi connectivity index (χ4n) is 2.87. The van der Waals surface area contributed by atoms with Crippen LogP contribution in [0.4, 0.5) is 0 Å². The zero-order valence-electron chi connectivity index (χ0n) is 12.8. The van der Waals surface area contributed by atoms with Gasteiger partial charge < -0.3 is 15.5 Å². The fraction of sp³-hybridized carbons (Fsp3) is 0.500. The van der Waals surface area contributed by atoms with Crippen molar-refractivity contribution in [2.45, 2.75) is 19.4 Å². The van der Waals surface area contributed by atoms with Crippen molar-refractivity contribution in [3.8, 4) is 0 Å². The SMILES string of the molecule is CN(Cc1ccccc1Br)C(=O)C[NH+]1CCC[C@@H](C(N)=O)C1. The van der Waals surface area contributed by atoms with Gasteiger partial charge in [0.1, 0.15) is 0 Å². The summed E-state index contributed by atoms with van der Waals surface area (Å²) in [6.07, 6.45) is 1.80. The first-order chi connectivity index (χ1) is 10.5. The molecule has 2 amide bonds. The van der Waals surface area contributed by atoms with Gasteiger partial charge in [0.25, 0.3) is 5.91 Å². The monoisotopic (exact) mass is 368 g/mol. The van der Waals surface area contributed by atoms with Crippen molar-refractivity contribution in [1.82, 2.24) is 4.90 Å². The maximum Gasteiger partial charge on any atom is 0.277 e. The summed E-state index contributed by atoms with van der Waals surface area (Å²) in [6, 6.07) is 7.90. The van der Waals surface area contributed by atoms with E-state index in [9.17, 15) is 9.59 Å². The van der Waals surface area contributed by atoms with Gasteiger partial charge in [-0.05, 0) is 24.5 Å². The van der Waals surface area contributed by atoms with Gasteiger partial charge in [0.2, 0.25) is 5.91 Å². The van der Waals surface area contributed by atoms with Gasteiger partial charge in [0, 0.05) is 18.1 Å². The lowest BCUT2D eigenvalue weighted by atomic mass is 9.97. The standard InChI is InChI=1S/C16H22BrN3O2/c1-19(9-12-5-2-3-7-14(12)17)15(21)11-20-8-4-6-13(10-20)16(18)22/h2-3,5,7,13H,4,6,8-11H2,1H3,(H2,18,22)/p+1/t13-/m1/s1. The number of halogens is 1. The van der Waals surface area contributed by atoms with E-state index in [1.807, 2.05) is 31.3 Å². The molecule has 1 aromatic carbocycles. The van der Waals surface area contributed by atoms with E-state index in [0.717, 1.165) is 34.3 Å². The molecule has 5 nitrogen and oxygen atoms in total. The molecule has 2 atom stereocenters. The minimum Gasteiger partial charge on any atom is -0.369 e. The molecule has 1 aliphatic heterocycles. The average Bonchev–Trinajstić information content (AvgIpc) is 2.49. The van der Waals surface area contributed by atoms with E-state index in [1.165, 1.54) is 0 Å². The Balaban J connectivity index is 1.88. The van der Waals surface area contributed by atoms with Crippen molar-refractivity contribution in [3.63, 3.8) is 0 Å². The first kappa shape index (κ1) is 17.0. The van der Waals surface area contributed by atoms with Gasteiger partial charge in [0.05, 0.1) is 19.0 Å². The number of primary amides is 1. The molecule has 1 unspecified atom stereocenters. The number of hydrogen-bond acceptors (Lipinski definition) is 2. The molecule has 1 aromatic rings. The summed E-state index contributed by atoms with van der Waals surface area (Å²) in [5.74, 6) is -0.243. The number of likely N-dealkylation sites (N-methyl/N-ethyl adjacent to an activating group) is 1. The zero-order valence-corrected chi connectivity index (χ0v) is 14.4. The van der Waals surface area contributed by atoms with Crippen LogP contribution in [0.1, 0.15) is 18.4 Å². The number of carbonyl (C=O) groups is 2. The van der Waals surface area contributed by atoms with Gasteiger partial charge in [-0.3, -0.25) is 9.59 Å². The molecule has 3 N–H and O–H groups in total. The van der Waals surface area contributed by atoms with E-state index < -0.39 is 0 Å². The van der Waals surface area contributed by atoms with Gasteiger partial charge in [0.15, 0.2) is 6.54 Å². The Morgan fingerprint density at radius 1 is 1.41 bits per heavy atom. The quantitative estimate of drug-likeness (QED) is 0.778. The topological polar surface area (TPSA) is 67.8 Å².